The molecule has 2 aromatic carbocycles. The van der Waals surface area contributed by atoms with Gasteiger partial charge in [-0.25, -0.2) is 4.79 Å². The van der Waals surface area contributed by atoms with Crippen LogP contribution in [-0.2, 0) is 9.53 Å². The minimum atomic E-state index is -1.13. The van der Waals surface area contributed by atoms with E-state index in [0.29, 0.717) is 6.54 Å². The van der Waals surface area contributed by atoms with Crippen molar-refractivity contribution < 1.29 is 14.6 Å². The van der Waals surface area contributed by atoms with Gasteiger partial charge in [0.2, 0.25) is 0 Å². The highest BCUT2D eigenvalue weighted by molar-refractivity contribution is 7.99. The van der Waals surface area contributed by atoms with Crippen molar-refractivity contribution in [2.24, 2.45) is 0 Å². The van der Waals surface area contributed by atoms with Crippen molar-refractivity contribution in [3.05, 3.63) is 53.6 Å². The number of carbonyl (C=O) groups is 1. The number of aryl methyl sites for hydroxylation is 2. The highest BCUT2D eigenvalue weighted by Gasteiger charge is 2.28. The van der Waals surface area contributed by atoms with Crippen LogP contribution in [0.4, 0.5) is 5.69 Å². The number of hydrogen-bond donors (Lipinski definition) is 2. The van der Waals surface area contributed by atoms with E-state index in [1.807, 2.05) is 12.1 Å². The number of nitrogens with one attached hydrogen (secondary N) is 1. The first kappa shape index (κ1) is 19.7. The van der Waals surface area contributed by atoms with Gasteiger partial charge in [-0.1, -0.05) is 41.6 Å². The topological polar surface area (TPSA) is 61.8 Å². The molecule has 2 unspecified atom stereocenters. The number of esters is 1. The fraction of sp³-hybridized carbons (Fsp3) is 0.381. The van der Waals surface area contributed by atoms with Gasteiger partial charge in [-0.3, -0.25) is 0 Å². The number of para-hydroxylation sites is 1. The third-order valence-electron chi connectivity index (χ3n) is 4.51. The molecular formula is C21H26N2O3S. The molecule has 0 amide bonds. The predicted molar refractivity (Wildman–Crippen MR) is 108 cm³/mol. The summed E-state index contributed by atoms with van der Waals surface area (Å²) in [6.07, 6.45) is -1.57. The van der Waals surface area contributed by atoms with Crippen LogP contribution in [0, 0.1) is 13.8 Å². The molecule has 0 aromatic heterocycles. The van der Waals surface area contributed by atoms with Gasteiger partial charge in [0, 0.05) is 22.9 Å². The molecule has 1 aliphatic heterocycles. The van der Waals surface area contributed by atoms with Crippen LogP contribution in [0.1, 0.15) is 18.1 Å². The summed E-state index contributed by atoms with van der Waals surface area (Å²) in [6.45, 7) is 7.70. The molecule has 0 bridgehead atoms. The second-order valence-electron chi connectivity index (χ2n) is 6.80. The zero-order valence-electron chi connectivity index (χ0n) is 15.9. The van der Waals surface area contributed by atoms with E-state index in [4.69, 9.17) is 4.74 Å². The van der Waals surface area contributed by atoms with Crippen molar-refractivity contribution in [2.75, 3.05) is 24.5 Å². The van der Waals surface area contributed by atoms with Gasteiger partial charge < -0.3 is 20.1 Å². The Kier molecular flexibility index (Phi) is 6.42. The number of hydrogen-bond acceptors (Lipinski definition) is 6. The number of nitrogens with zero attached hydrogens (tertiary/aromatic N) is 1. The molecule has 144 valence electrons. The smallest absolute Gasteiger partial charge is 0.336 e. The zero-order valence-corrected chi connectivity index (χ0v) is 16.8. The fourth-order valence-electron chi connectivity index (χ4n) is 3.11. The Morgan fingerprint density at radius 1 is 1.26 bits per heavy atom. The van der Waals surface area contributed by atoms with E-state index in [9.17, 15) is 9.90 Å². The molecule has 2 atom stereocenters. The van der Waals surface area contributed by atoms with E-state index in [1.165, 1.54) is 22.9 Å². The molecule has 27 heavy (non-hydrogen) atoms. The maximum absolute atomic E-state index is 11.9. The molecule has 0 saturated carbocycles. The lowest BCUT2D eigenvalue weighted by molar-refractivity contribution is -0.158. The lowest BCUT2D eigenvalue weighted by Gasteiger charge is -2.38. The van der Waals surface area contributed by atoms with Gasteiger partial charge in [0.25, 0.3) is 0 Å². The molecule has 1 heterocycles. The van der Waals surface area contributed by atoms with Crippen LogP contribution in [0.2, 0.25) is 0 Å². The van der Waals surface area contributed by atoms with Crippen molar-refractivity contribution in [1.29, 1.82) is 0 Å². The van der Waals surface area contributed by atoms with Gasteiger partial charge in [0.1, 0.15) is 6.10 Å². The second kappa shape index (κ2) is 8.78. The van der Waals surface area contributed by atoms with Crippen molar-refractivity contribution in [3.8, 4) is 0 Å². The molecule has 3 rings (SSSR count). The lowest BCUT2D eigenvalue weighted by Crippen LogP contribution is -2.54. The van der Waals surface area contributed by atoms with Crippen molar-refractivity contribution >= 4 is 23.4 Å². The Morgan fingerprint density at radius 3 is 2.78 bits per heavy atom. The van der Waals surface area contributed by atoms with Crippen molar-refractivity contribution in [2.45, 2.75) is 42.9 Å². The molecule has 2 aromatic rings. The SMILES string of the molecule is Cc1ccc(Sc2ccccc2N2CCNCC2OC(=O)C(C)O)c(C)c1. The van der Waals surface area contributed by atoms with Crippen LogP contribution in [0.25, 0.3) is 0 Å². The molecule has 2 N–H and O–H groups in total. The highest BCUT2D eigenvalue weighted by Crippen LogP contribution is 2.38. The van der Waals surface area contributed by atoms with Gasteiger partial charge in [-0.2, -0.15) is 0 Å². The summed E-state index contributed by atoms with van der Waals surface area (Å²) in [5, 5.41) is 12.7. The average Bonchev–Trinajstić information content (AvgIpc) is 2.65. The standard InChI is InChI=1S/C21H26N2O3S/c1-14-8-9-18(15(2)12-14)27-19-7-5-4-6-17(19)23-11-10-22-13-20(23)26-21(25)16(3)24/h4-9,12,16,20,22,24H,10-11,13H2,1-3H3. The largest absolute Gasteiger partial charge is 0.438 e. The molecule has 0 aliphatic carbocycles. The molecule has 1 saturated heterocycles. The summed E-state index contributed by atoms with van der Waals surface area (Å²) >= 11 is 1.72. The number of ether oxygens (including phenoxy) is 1. The molecule has 1 fully saturated rings. The van der Waals surface area contributed by atoms with Crippen molar-refractivity contribution in [1.82, 2.24) is 5.32 Å². The molecule has 0 spiro atoms. The summed E-state index contributed by atoms with van der Waals surface area (Å²) in [4.78, 5) is 16.3. The molecular weight excluding hydrogens is 360 g/mol. The fourth-order valence-corrected chi connectivity index (χ4v) is 4.14. The minimum Gasteiger partial charge on any atom is -0.438 e. The Morgan fingerprint density at radius 2 is 2.04 bits per heavy atom. The summed E-state index contributed by atoms with van der Waals surface area (Å²) in [7, 11) is 0. The van der Waals surface area contributed by atoms with Gasteiger partial charge in [0.15, 0.2) is 6.23 Å². The van der Waals surface area contributed by atoms with Gasteiger partial charge in [-0.05, 0) is 44.5 Å². The first-order chi connectivity index (χ1) is 13.0. The second-order valence-corrected chi connectivity index (χ2v) is 7.89. The van der Waals surface area contributed by atoms with Crippen LogP contribution in [0.3, 0.4) is 0 Å². The Bertz CT molecular complexity index is 810. The molecule has 5 nitrogen and oxygen atoms in total. The Hall–Kier alpha value is -2.02. The Labute approximate surface area is 164 Å². The highest BCUT2D eigenvalue weighted by atomic mass is 32.2. The number of aliphatic hydroxyl groups excluding tert-OH is 1. The van der Waals surface area contributed by atoms with Crippen LogP contribution in [0.5, 0.6) is 0 Å². The van der Waals surface area contributed by atoms with Crippen LogP contribution in [-0.4, -0.2) is 43.0 Å². The number of piperazine rings is 1. The first-order valence-electron chi connectivity index (χ1n) is 9.16. The average molecular weight is 387 g/mol. The van der Waals surface area contributed by atoms with E-state index in [1.54, 1.807) is 11.8 Å². The normalized spacial score (nSPS) is 18.2. The number of rotatable bonds is 5. The third kappa shape index (κ3) is 4.83. The first-order valence-corrected chi connectivity index (χ1v) is 9.97. The predicted octanol–water partition coefficient (Wildman–Crippen LogP) is 3.11. The number of aliphatic hydroxyl groups is 1. The van der Waals surface area contributed by atoms with E-state index >= 15 is 0 Å². The summed E-state index contributed by atoms with van der Waals surface area (Å²) < 4.78 is 5.53. The maximum atomic E-state index is 11.9. The summed E-state index contributed by atoms with van der Waals surface area (Å²) in [6, 6.07) is 14.6. The van der Waals surface area contributed by atoms with Crippen LogP contribution in [0.15, 0.2) is 52.3 Å². The van der Waals surface area contributed by atoms with Crippen molar-refractivity contribution in [3.63, 3.8) is 0 Å². The Balaban J connectivity index is 1.87. The quantitative estimate of drug-likeness (QED) is 0.770. The minimum absolute atomic E-state index is 0.443. The monoisotopic (exact) mass is 386 g/mol. The molecule has 0 radical (unpaired) electrons. The van der Waals surface area contributed by atoms with Crippen LogP contribution < -0.4 is 10.2 Å². The lowest BCUT2D eigenvalue weighted by atomic mass is 10.2. The van der Waals surface area contributed by atoms with E-state index in [2.05, 4.69) is 54.4 Å². The summed E-state index contributed by atoms with van der Waals surface area (Å²) in [5.74, 6) is -0.604. The zero-order chi connectivity index (χ0) is 19.4. The van der Waals surface area contributed by atoms with Gasteiger partial charge in [0.05, 0.1) is 12.2 Å². The number of benzene rings is 2. The molecule has 6 heteroatoms. The third-order valence-corrected chi connectivity index (χ3v) is 5.76. The molecule has 1 aliphatic rings. The number of anilines is 1. The van der Waals surface area contributed by atoms with Crippen LogP contribution >= 0.6 is 11.8 Å². The van der Waals surface area contributed by atoms with E-state index in [0.717, 1.165) is 23.7 Å². The number of carbonyl (C=O) groups excluding carboxylic acids is 1. The van der Waals surface area contributed by atoms with Gasteiger partial charge >= 0.3 is 5.97 Å². The van der Waals surface area contributed by atoms with E-state index < -0.39 is 18.3 Å². The maximum Gasteiger partial charge on any atom is 0.336 e. The van der Waals surface area contributed by atoms with E-state index in [-0.39, 0.29) is 0 Å². The summed E-state index contributed by atoms with van der Waals surface area (Å²) in [5.41, 5.74) is 3.52. The van der Waals surface area contributed by atoms with Gasteiger partial charge in [-0.15, -0.1) is 0 Å².